The quantitative estimate of drug-likeness (QED) is 0.301. The van der Waals surface area contributed by atoms with Gasteiger partial charge in [-0.15, -0.1) is 0 Å². The topological polar surface area (TPSA) is 100 Å². The zero-order chi connectivity index (χ0) is 27.9. The zero-order valence-electron chi connectivity index (χ0n) is 22.1. The van der Waals surface area contributed by atoms with Crippen LogP contribution < -0.4 is 10.6 Å². The maximum absolute atomic E-state index is 14.2. The predicted molar refractivity (Wildman–Crippen MR) is 145 cm³/mol. The van der Waals surface area contributed by atoms with E-state index in [9.17, 15) is 18.7 Å². The molecule has 2 heterocycles. The highest BCUT2D eigenvalue weighted by molar-refractivity contribution is 5.94. The highest BCUT2D eigenvalue weighted by Crippen LogP contribution is 2.42. The number of aryl methyl sites for hydroxylation is 2. The summed E-state index contributed by atoms with van der Waals surface area (Å²) >= 11 is 0. The lowest BCUT2D eigenvalue weighted by Crippen LogP contribution is -2.45. The number of amides is 2. The third-order valence-electron chi connectivity index (χ3n) is 7.11. The van der Waals surface area contributed by atoms with Crippen molar-refractivity contribution in [3.05, 3.63) is 95.1 Å². The number of urea groups is 1. The highest BCUT2D eigenvalue weighted by Gasteiger charge is 2.40. The first-order valence-electron chi connectivity index (χ1n) is 12.6. The third kappa shape index (κ3) is 5.22. The van der Waals surface area contributed by atoms with Gasteiger partial charge in [-0.3, -0.25) is 0 Å². The number of carbonyl (C=O) groups is 1. The number of benzene rings is 2. The summed E-state index contributed by atoms with van der Waals surface area (Å²) in [4.78, 5) is 26.7. The Hall–Kier alpha value is -4.24. The summed E-state index contributed by atoms with van der Waals surface area (Å²) in [5.41, 5.74) is 4.26. The van der Waals surface area contributed by atoms with Crippen LogP contribution in [0.5, 0.6) is 0 Å². The van der Waals surface area contributed by atoms with Crippen molar-refractivity contribution in [1.82, 2.24) is 20.3 Å². The van der Waals surface area contributed by atoms with Crippen molar-refractivity contribution in [3.8, 4) is 22.5 Å². The fraction of sp³-hybridized carbons (Fsp3) is 0.267. The lowest BCUT2D eigenvalue weighted by atomic mass is 9.69. The second-order valence-electron chi connectivity index (χ2n) is 10.5. The molecule has 4 aromatic rings. The van der Waals surface area contributed by atoms with Gasteiger partial charge in [0.1, 0.15) is 5.82 Å². The Labute approximate surface area is 225 Å². The highest BCUT2D eigenvalue weighted by atomic mass is 19.2. The monoisotopic (exact) mass is 529 g/mol. The number of rotatable bonds is 4. The van der Waals surface area contributed by atoms with E-state index in [1.54, 1.807) is 19.3 Å². The summed E-state index contributed by atoms with van der Waals surface area (Å²) in [5, 5.41) is 16.5. The van der Waals surface area contributed by atoms with E-state index in [1.807, 2.05) is 57.2 Å². The number of carbonyl (C=O) groups excluding carboxylic acids is 1. The Kier molecular flexibility index (Phi) is 6.86. The normalized spacial score (nSPS) is 17.8. The van der Waals surface area contributed by atoms with Gasteiger partial charge in [0.2, 0.25) is 0 Å². The number of nitrogens with zero attached hydrogens (tertiary/aromatic N) is 3. The molecule has 39 heavy (non-hydrogen) atoms. The number of anilines is 1. The number of fused-ring (bicyclic) bond motifs is 1. The second-order valence-corrected chi connectivity index (χ2v) is 10.5. The summed E-state index contributed by atoms with van der Waals surface area (Å²) in [6.07, 6.45) is 2.68. The Balaban J connectivity index is 1.50. The molecule has 2 aromatic carbocycles. The van der Waals surface area contributed by atoms with Crippen LogP contribution in [0.4, 0.5) is 19.3 Å². The minimum absolute atomic E-state index is 0.263. The van der Waals surface area contributed by atoms with E-state index < -0.39 is 35.2 Å². The van der Waals surface area contributed by atoms with Crippen molar-refractivity contribution in [3.63, 3.8) is 0 Å². The van der Waals surface area contributed by atoms with Crippen molar-refractivity contribution in [1.29, 1.82) is 0 Å². The lowest BCUT2D eigenvalue weighted by molar-refractivity contribution is 0.0878. The predicted octanol–water partition coefficient (Wildman–Crippen LogP) is 6.01. The number of aliphatic hydroxyl groups is 1. The average Bonchev–Trinajstić information content (AvgIpc) is 2.89. The second kappa shape index (κ2) is 10.1. The molecule has 9 heteroatoms. The summed E-state index contributed by atoms with van der Waals surface area (Å²) in [5.74, 6) is -1.35. The molecule has 0 saturated heterocycles. The maximum atomic E-state index is 14.2. The zero-order valence-corrected chi connectivity index (χ0v) is 22.1. The van der Waals surface area contributed by atoms with Crippen LogP contribution in [0.3, 0.4) is 0 Å². The van der Waals surface area contributed by atoms with E-state index in [0.717, 1.165) is 28.8 Å². The Morgan fingerprint density at radius 2 is 1.64 bits per heavy atom. The van der Waals surface area contributed by atoms with Gasteiger partial charge < -0.3 is 15.7 Å². The van der Waals surface area contributed by atoms with E-state index >= 15 is 0 Å². The van der Waals surface area contributed by atoms with Crippen LogP contribution in [-0.4, -0.2) is 32.2 Å². The Morgan fingerprint density at radius 3 is 2.33 bits per heavy atom. The SMILES string of the molecule is Cc1ncc(-c2nc(-c3ccccc3)c(NC(=O)N[C@H]3c4cc(F)c(F)cc4C(C)(C)C[C@H]3O)cc2C)cn1. The van der Waals surface area contributed by atoms with Crippen molar-refractivity contribution in [2.24, 2.45) is 0 Å². The lowest BCUT2D eigenvalue weighted by Gasteiger charge is -2.40. The van der Waals surface area contributed by atoms with Crippen LogP contribution in [-0.2, 0) is 5.41 Å². The molecule has 5 rings (SSSR count). The van der Waals surface area contributed by atoms with Crippen LogP contribution in [0.1, 0.15) is 48.8 Å². The van der Waals surface area contributed by atoms with E-state index in [1.165, 1.54) is 0 Å². The molecular formula is C30H29F2N5O2. The van der Waals surface area contributed by atoms with Gasteiger partial charge in [0.05, 0.1) is 29.2 Å². The first-order valence-corrected chi connectivity index (χ1v) is 12.6. The molecule has 1 aliphatic rings. The standard InChI is InChI=1S/C30H29F2N5O2/c1-16-10-24(27(18-8-6-5-7-9-18)36-26(16)19-14-33-17(2)34-15-19)35-29(39)37-28-20-11-22(31)23(32)12-21(20)30(3,4)13-25(28)38/h5-12,14-15,25,28,38H,13H2,1-4H3,(H2,35,37,39)/t25-,28+/m1/s1. The van der Waals surface area contributed by atoms with Gasteiger partial charge in [-0.25, -0.2) is 28.5 Å². The molecule has 2 amide bonds. The minimum atomic E-state index is -1.03. The van der Waals surface area contributed by atoms with Crippen molar-refractivity contribution >= 4 is 11.7 Å². The molecule has 200 valence electrons. The number of aliphatic hydroxyl groups excluding tert-OH is 1. The van der Waals surface area contributed by atoms with Crippen molar-refractivity contribution in [2.45, 2.75) is 51.7 Å². The van der Waals surface area contributed by atoms with E-state index in [2.05, 4.69) is 20.6 Å². The van der Waals surface area contributed by atoms with Gasteiger partial charge in [0, 0.05) is 23.5 Å². The summed E-state index contributed by atoms with van der Waals surface area (Å²) in [6, 6.07) is 11.9. The number of aromatic nitrogens is 3. The molecule has 0 bridgehead atoms. The van der Waals surface area contributed by atoms with E-state index in [-0.39, 0.29) is 6.42 Å². The number of pyridine rings is 1. The van der Waals surface area contributed by atoms with Crippen molar-refractivity contribution in [2.75, 3.05) is 5.32 Å². The van der Waals surface area contributed by atoms with Gasteiger partial charge in [-0.1, -0.05) is 44.2 Å². The molecule has 0 aliphatic heterocycles. The maximum Gasteiger partial charge on any atom is 0.319 e. The fourth-order valence-corrected chi connectivity index (χ4v) is 5.17. The largest absolute Gasteiger partial charge is 0.391 e. The number of nitrogens with one attached hydrogen (secondary N) is 2. The van der Waals surface area contributed by atoms with Gasteiger partial charge in [0.25, 0.3) is 0 Å². The van der Waals surface area contributed by atoms with Crippen LogP contribution in [0.2, 0.25) is 0 Å². The van der Waals surface area contributed by atoms with Gasteiger partial charge in [-0.2, -0.15) is 0 Å². The molecule has 2 aromatic heterocycles. The first kappa shape index (κ1) is 26.4. The van der Waals surface area contributed by atoms with E-state index in [0.29, 0.717) is 34.0 Å². The van der Waals surface area contributed by atoms with Crippen LogP contribution in [0.25, 0.3) is 22.5 Å². The van der Waals surface area contributed by atoms with E-state index in [4.69, 9.17) is 4.98 Å². The minimum Gasteiger partial charge on any atom is -0.391 e. The van der Waals surface area contributed by atoms with Crippen LogP contribution in [0, 0.1) is 25.5 Å². The first-order chi connectivity index (χ1) is 18.5. The summed E-state index contributed by atoms with van der Waals surface area (Å²) in [6.45, 7) is 7.38. The molecule has 2 atom stereocenters. The molecule has 0 unspecified atom stereocenters. The smallest absolute Gasteiger partial charge is 0.319 e. The number of halogens is 2. The Morgan fingerprint density at radius 1 is 0.974 bits per heavy atom. The van der Waals surface area contributed by atoms with Gasteiger partial charge in [0.15, 0.2) is 11.6 Å². The van der Waals surface area contributed by atoms with Gasteiger partial charge in [-0.05, 0) is 60.6 Å². The Bertz CT molecular complexity index is 1540. The molecule has 0 saturated carbocycles. The molecule has 3 N–H and O–H groups in total. The average molecular weight is 530 g/mol. The van der Waals surface area contributed by atoms with Crippen LogP contribution >= 0.6 is 0 Å². The molecule has 1 aliphatic carbocycles. The molecular weight excluding hydrogens is 500 g/mol. The van der Waals surface area contributed by atoms with Crippen molar-refractivity contribution < 1.29 is 18.7 Å². The molecule has 0 fully saturated rings. The number of hydrogen-bond acceptors (Lipinski definition) is 5. The molecule has 0 spiro atoms. The molecule has 0 radical (unpaired) electrons. The third-order valence-corrected chi connectivity index (χ3v) is 7.11. The number of hydrogen-bond donors (Lipinski definition) is 3. The van der Waals surface area contributed by atoms with Gasteiger partial charge >= 0.3 is 6.03 Å². The van der Waals surface area contributed by atoms with Crippen LogP contribution in [0.15, 0.2) is 60.9 Å². The fourth-order valence-electron chi connectivity index (χ4n) is 5.17. The summed E-state index contributed by atoms with van der Waals surface area (Å²) in [7, 11) is 0. The summed E-state index contributed by atoms with van der Waals surface area (Å²) < 4.78 is 28.3. The molecule has 7 nitrogen and oxygen atoms in total.